The van der Waals surface area contributed by atoms with Crippen molar-refractivity contribution < 1.29 is 4.79 Å². The average Bonchev–Trinajstić information content (AvgIpc) is 3.06. The fraction of sp³-hybridized carbons (Fsp3) is 0.267. The van der Waals surface area contributed by atoms with E-state index in [4.69, 9.17) is 0 Å². The number of aromatic nitrogens is 2. The summed E-state index contributed by atoms with van der Waals surface area (Å²) in [5.41, 5.74) is 2.06. The molecule has 1 unspecified atom stereocenters. The monoisotopic (exact) mass is 361 g/mol. The van der Waals surface area contributed by atoms with Crippen molar-refractivity contribution >= 4 is 38.0 Å². The standard InChI is InChI=1S/C15H16BrN5O/c1-10-3-5-11(6-4-10)21-12(9-13(16)18-21)15(22)17-14-7-8-20(2)19-14/h3-8,12H,9H2,1-2H3,(H,17,19,22). The number of hydrogen-bond donors (Lipinski definition) is 1. The summed E-state index contributed by atoms with van der Waals surface area (Å²) < 4.78 is 2.41. The van der Waals surface area contributed by atoms with Crippen LogP contribution in [0.1, 0.15) is 12.0 Å². The molecule has 1 aromatic carbocycles. The van der Waals surface area contributed by atoms with E-state index in [0.29, 0.717) is 12.2 Å². The molecule has 7 heteroatoms. The molecule has 0 radical (unpaired) electrons. The van der Waals surface area contributed by atoms with Gasteiger partial charge in [-0.1, -0.05) is 17.7 Å². The summed E-state index contributed by atoms with van der Waals surface area (Å²) in [7, 11) is 1.81. The summed E-state index contributed by atoms with van der Waals surface area (Å²) in [6.07, 6.45) is 2.32. The summed E-state index contributed by atoms with van der Waals surface area (Å²) in [5.74, 6) is 0.414. The zero-order chi connectivity index (χ0) is 15.7. The number of carbonyl (C=O) groups is 1. The Balaban J connectivity index is 1.79. The van der Waals surface area contributed by atoms with E-state index < -0.39 is 0 Å². The normalized spacial score (nSPS) is 17.5. The van der Waals surface area contributed by atoms with Gasteiger partial charge in [0.2, 0.25) is 0 Å². The Kier molecular flexibility index (Phi) is 3.98. The first-order valence-electron chi connectivity index (χ1n) is 6.92. The van der Waals surface area contributed by atoms with E-state index in [1.54, 1.807) is 22.0 Å². The van der Waals surface area contributed by atoms with E-state index in [1.165, 1.54) is 5.56 Å². The smallest absolute Gasteiger partial charge is 0.250 e. The summed E-state index contributed by atoms with van der Waals surface area (Å²) in [4.78, 5) is 12.5. The van der Waals surface area contributed by atoms with E-state index in [-0.39, 0.29) is 11.9 Å². The van der Waals surface area contributed by atoms with Crippen LogP contribution >= 0.6 is 15.9 Å². The Morgan fingerprint density at radius 2 is 2.05 bits per heavy atom. The number of aryl methyl sites for hydroxylation is 2. The van der Waals surface area contributed by atoms with Crippen LogP contribution in [0.5, 0.6) is 0 Å². The fourth-order valence-electron chi connectivity index (χ4n) is 2.30. The van der Waals surface area contributed by atoms with Crippen LogP contribution < -0.4 is 10.3 Å². The number of benzene rings is 1. The molecule has 2 aromatic rings. The Hall–Kier alpha value is -2.15. The third-order valence-corrected chi connectivity index (χ3v) is 3.92. The molecule has 6 nitrogen and oxygen atoms in total. The minimum atomic E-state index is -0.390. The van der Waals surface area contributed by atoms with Crippen LogP contribution in [0.4, 0.5) is 11.5 Å². The summed E-state index contributed by atoms with van der Waals surface area (Å²) in [6.45, 7) is 2.03. The predicted molar refractivity (Wildman–Crippen MR) is 90.3 cm³/mol. The number of nitrogens with zero attached hydrogens (tertiary/aromatic N) is 4. The van der Waals surface area contributed by atoms with E-state index in [2.05, 4.69) is 31.4 Å². The molecule has 22 heavy (non-hydrogen) atoms. The minimum absolute atomic E-state index is 0.127. The molecule has 0 saturated heterocycles. The molecule has 0 aliphatic carbocycles. The van der Waals surface area contributed by atoms with E-state index >= 15 is 0 Å². The molecule has 114 valence electrons. The van der Waals surface area contributed by atoms with Gasteiger partial charge in [-0.25, -0.2) is 0 Å². The van der Waals surface area contributed by atoms with Crippen LogP contribution in [0, 0.1) is 6.92 Å². The predicted octanol–water partition coefficient (Wildman–Crippen LogP) is 2.65. The van der Waals surface area contributed by atoms with E-state index in [1.807, 2.05) is 38.2 Å². The molecule has 1 N–H and O–H groups in total. The lowest BCUT2D eigenvalue weighted by atomic mass is 10.1. The van der Waals surface area contributed by atoms with Gasteiger partial charge in [0.1, 0.15) is 10.7 Å². The zero-order valence-corrected chi connectivity index (χ0v) is 13.9. The zero-order valence-electron chi connectivity index (χ0n) is 12.3. The van der Waals surface area contributed by atoms with Gasteiger partial charge in [-0.2, -0.15) is 10.2 Å². The molecule has 0 bridgehead atoms. The average molecular weight is 362 g/mol. The molecule has 0 spiro atoms. The number of hydrogen-bond acceptors (Lipinski definition) is 4. The number of amides is 1. The first-order valence-corrected chi connectivity index (χ1v) is 7.71. The molecular weight excluding hydrogens is 346 g/mol. The van der Waals surface area contributed by atoms with Gasteiger partial charge in [0.05, 0.1) is 5.69 Å². The van der Waals surface area contributed by atoms with Gasteiger partial charge >= 0.3 is 0 Å². The van der Waals surface area contributed by atoms with Crippen molar-refractivity contribution in [3.8, 4) is 0 Å². The Bertz CT molecular complexity index is 722. The van der Waals surface area contributed by atoms with Crippen LogP contribution in [0.15, 0.2) is 41.6 Å². The van der Waals surface area contributed by atoms with E-state index in [0.717, 1.165) is 10.3 Å². The Labute approximate surface area is 136 Å². The highest BCUT2D eigenvalue weighted by Gasteiger charge is 2.33. The van der Waals surface area contributed by atoms with Gasteiger partial charge in [0.15, 0.2) is 5.82 Å². The molecular formula is C15H16BrN5O. The molecule has 1 aliphatic heterocycles. The third kappa shape index (κ3) is 3.04. The summed E-state index contributed by atoms with van der Waals surface area (Å²) >= 11 is 3.40. The fourth-order valence-corrected chi connectivity index (χ4v) is 2.78. The van der Waals surface area contributed by atoms with Crippen LogP contribution in [0.3, 0.4) is 0 Å². The Morgan fingerprint density at radius 1 is 1.32 bits per heavy atom. The van der Waals surface area contributed by atoms with Gasteiger partial charge in [0.25, 0.3) is 5.91 Å². The lowest BCUT2D eigenvalue weighted by Gasteiger charge is -2.22. The quantitative estimate of drug-likeness (QED) is 0.913. The largest absolute Gasteiger partial charge is 0.307 e. The molecule has 1 aromatic heterocycles. The molecule has 1 atom stereocenters. The number of hydrazone groups is 1. The molecule has 0 fully saturated rings. The SMILES string of the molecule is Cc1ccc(N2N=C(Br)CC2C(=O)Nc2ccn(C)n2)cc1. The highest BCUT2D eigenvalue weighted by molar-refractivity contribution is 9.18. The van der Waals surface area contributed by atoms with Gasteiger partial charge in [-0.05, 0) is 35.0 Å². The topological polar surface area (TPSA) is 62.5 Å². The number of anilines is 2. The third-order valence-electron chi connectivity index (χ3n) is 3.44. The van der Waals surface area contributed by atoms with Crippen molar-refractivity contribution in [1.29, 1.82) is 0 Å². The van der Waals surface area contributed by atoms with Crippen molar-refractivity contribution in [2.24, 2.45) is 12.1 Å². The van der Waals surface area contributed by atoms with Crippen LogP contribution in [0.25, 0.3) is 0 Å². The highest BCUT2D eigenvalue weighted by atomic mass is 79.9. The molecule has 0 saturated carbocycles. The minimum Gasteiger partial charge on any atom is -0.307 e. The summed E-state index contributed by atoms with van der Waals surface area (Å²) in [5, 5.41) is 13.2. The van der Waals surface area contributed by atoms with Crippen LogP contribution in [-0.2, 0) is 11.8 Å². The number of nitrogens with one attached hydrogen (secondary N) is 1. The molecule has 2 heterocycles. The molecule has 3 rings (SSSR count). The van der Waals surface area contributed by atoms with Crippen LogP contribution in [0.2, 0.25) is 0 Å². The first kappa shape index (κ1) is 14.8. The van der Waals surface area contributed by atoms with Gasteiger partial charge in [-0.3, -0.25) is 14.5 Å². The van der Waals surface area contributed by atoms with Crippen molar-refractivity contribution in [2.45, 2.75) is 19.4 Å². The van der Waals surface area contributed by atoms with Crippen molar-refractivity contribution in [2.75, 3.05) is 10.3 Å². The lowest BCUT2D eigenvalue weighted by molar-refractivity contribution is -0.117. The van der Waals surface area contributed by atoms with Crippen molar-refractivity contribution in [3.63, 3.8) is 0 Å². The van der Waals surface area contributed by atoms with Gasteiger partial charge in [0, 0.05) is 25.7 Å². The second-order valence-corrected chi connectivity index (χ2v) is 6.16. The molecule has 1 amide bonds. The van der Waals surface area contributed by atoms with Gasteiger partial charge < -0.3 is 5.32 Å². The maximum absolute atomic E-state index is 12.5. The van der Waals surface area contributed by atoms with Crippen molar-refractivity contribution in [3.05, 3.63) is 42.1 Å². The molecule has 1 aliphatic rings. The highest BCUT2D eigenvalue weighted by Crippen LogP contribution is 2.27. The maximum atomic E-state index is 12.5. The number of carbonyl (C=O) groups excluding carboxylic acids is 1. The van der Waals surface area contributed by atoms with Crippen molar-refractivity contribution in [1.82, 2.24) is 9.78 Å². The van der Waals surface area contributed by atoms with E-state index in [9.17, 15) is 4.79 Å². The first-order chi connectivity index (χ1) is 10.5. The second-order valence-electron chi connectivity index (χ2n) is 5.24. The Morgan fingerprint density at radius 3 is 2.68 bits per heavy atom. The van der Waals surface area contributed by atoms with Crippen LogP contribution in [-0.4, -0.2) is 26.4 Å². The number of halogens is 1. The number of rotatable bonds is 3. The maximum Gasteiger partial charge on any atom is 0.250 e. The van der Waals surface area contributed by atoms with Gasteiger partial charge in [-0.15, -0.1) is 0 Å². The summed E-state index contributed by atoms with van der Waals surface area (Å²) in [6, 6.07) is 9.31. The second kappa shape index (κ2) is 5.92. The lowest BCUT2D eigenvalue weighted by Crippen LogP contribution is -2.38.